The van der Waals surface area contributed by atoms with E-state index >= 15 is 0 Å². The fourth-order valence-corrected chi connectivity index (χ4v) is 5.32. The average Bonchev–Trinajstić information content (AvgIpc) is 2.85. The lowest BCUT2D eigenvalue weighted by Gasteiger charge is -2.19. The summed E-state index contributed by atoms with van der Waals surface area (Å²) in [6, 6.07) is 1.21. The minimum Gasteiger partial charge on any atom is -0.478 e. The summed E-state index contributed by atoms with van der Waals surface area (Å²) in [6.45, 7) is 4.40. The summed E-state index contributed by atoms with van der Waals surface area (Å²) in [4.78, 5) is 10.8. The zero-order chi connectivity index (χ0) is 13.5. The normalized spacial score (nSPS) is 25.4. The standard InChI is InChI=1S/C11H15NO4S2/c1-7-3-8(2)12(5-7)18(15,16)10-4-9(6-17-10)11(13)14/h4,6-8H,3,5H2,1-2H3,(H,13,14). The summed E-state index contributed by atoms with van der Waals surface area (Å²) in [5.41, 5.74) is 0.0264. The first-order valence-electron chi connectivity index (χ1n) is 5.66. The molecule has 1 N–H and O–H groups in total. The average molecular weight is 289 g/mol. The third-order valence-electron chi connectivity index (χ3n) is 3.11. The van der Waals surface area contributed by atoms with E-state index in [-0.39, 0.29) is 15.8 Å². The predicted octanol–water partition coefficient (Wildman–Crippen LogP) is 1.87. The van der Waals surface area contributed by atoms with E-state index in [1.165, 1.54) is 15.8 Å². The molecule has 2 unspecified atom stereocenters. The highest BCUT2D eigenvalue weighted by atomic mass is 32.2. The maximum atomic E-state index is 12.4. The van der Waals surface area contributed by atoms with Gasteiger partial charge in [-0.05, 0) is 25.3 Å². The molecule has 0 radical (unpaired) electrons. The van der Waals surface area contributed by atoms with Crippen molar-refractivity contribution >= 4 is 27.3 Å². The van der Waals surface area contributed by atoms with Crippen molar-refractivity contribution < 1.29 is 18.3 Å². The Hall–Kier alpha value is -0.920. The maximum absolute atomic E-state index is 12.4. The van der Waals surface area contributed by atoms with E-state index in [1.807, 2.05) is 13.8 Å². The van der Waals surface area contributed by atoms with Gasteiger partial charge in [-0.1, -0.05) is 6.92 Å². The summed E-state index contributed by atoms with van der Waals surface area (Å²) in [7, 11) is -3.54. The molecule has 18 heavy (non-hydrogen) atoms. The minimum absolute atomic E-state index is 0.0264. The Labute approximate surface area is 110 Å². The number of carbonyl (C=O) groups is 1. The van der Waals surface area contributed by atoms with Crippen LogP contribution in [0.3, 0.4) is 0 Å². The molecule has 1 saturated heterocycles. The zero-order valence-corrected chi connectivity index (χ0v) is 11.8. The molecule has 0 aromatic carbocycles. The highest BCUT2D eigenvalue weighted by molar-refractivity contribution is 7.91. The molecule has 0 amide bonds. The van der Waals surface area contributed by atoms with Crippen LogP contribution >= 0.6 is 11.3 Å². The van der Waals surface area contributed by atoms with Crippen LogP contribution in [0.15, 0.2) is 15.7 Å². The first-order chi connectivity index (χ1) is 8.32. The molecule has 2 atom stereocenters. The third kappa shape index (κ3) is 2.30. The van der Waals surface area contributed by atoms with Gasteiger partial charge >= 0.3 is 5.97 Å². The van der Waals surface area contributed by atoms with Gasteiger partial charge in [0.2, 0.25) is 0 Å². The largest absolute Gasteiger partial charge is 0.478 e. The maximum Gasteiger partial charge on any atom is 0.336 e. The van der Waals surface area contributed by atoms with E-state index < -0.39 is 16.0 Å². The van der Waals surface area contributed by atoms with Crippen LogP contribution in [-0.2, 0) is 10.0 Å². The summed E-state index contributed by atoms with van der Waals surface area (Å²) in [6.07, 6.45) is 0.844. The van der Waals surface area contributed by atoms with Gasteiger partial charge in [0, 0.05) is 18.0 Å². The van der Waals surface area contributed by atoms with Gasteiger partial charge in [-0.15, -0.1) is 11.3 Å². The Balaban J connectivity index is 2.33. The first-order valence-corrected chi connectivity index (χ1v) is 7.98. The third-order valence-corrected chi connectivity index (χ3v) is 6.51. The van der Waals surface area contributed by atoms with Crippen molar-refractivity contribution in [2.45, 2.75) is 30.5 Å². The highest BCUT2D eigenvalue weighted by Crippen LogP contribution is 2.31. The van der Waals surface area contributed by atoms with E-state index in [9.17, 15) is 13.2 Å². The molecule has 1 aromatic rings. The number of thiophene rings is 1. The summed E-state index contributed by atoms with van der Waals surface area (Å²) in [5, 5.41) is 10.2. The lowest BCUT2D eigenvalue weighted by molar-refractivity contribution is 0.0697. The molecular formula is C11H15NO4S2. The van der Waals surface area contributed by atoms with E-state index in [1.54, 1.807) is 0 Å². The Morgan fingerprint density at radius 1 is 1.50 bits per heavy atom. The highest BCUT2D eigenvalue weighted by Gasteiger charge is 2.37. The molecule has 1 aliphatic heterocycles. The minimum atomic E-state index is -3.54. The lowest BCUT2D eigenvalue weighted by atomic mass is 10.1. The Bertz CT molecular complexity index is 563. The van der Waals surface area contributed by atoms with Crippen LogP contribution in [0.4, 0.5) is 0 Å². The molecule has 1 fully saturated rings. The van der Waals surface area contributed by atoms with Gasteiger partial charge in [0.05, 0.1) is 5.56 Å². The Morgan fingerprint density at radius 3 is 2.61 bits per heavy atom. The Morgan fingerprint density at radius 2 is 2.17 bits per heavy atom. The van der Waals surface area contributed by atoms with Crippen molar-refractivity contribution in [2.24, 2.45) is 5.92 Å². The van der Waals surface area contributed by atoms with Crippen molar-refractivity contribution in [3.63, 3.8) is 0 Å². The molecule has 0 aliphatic carbocycles. The van der Waals surface area contributed by atoms with Gasteiger partial charge in [-0.25, -0.2) is 13.2 Å². The van der Waals surface area contributed by atoms with E-state index in [0.717, 1.165) is 17.8 Å². The van der Waals surface area contributed by atoms with Crippen molar-refractivity contribution in [3.05, 3.63) is 17.0 Å². The summed E-state index contributed by atoms with van der Waals surface area (Å²) in [5.74, 6) is -0.760. The second kappa shape index (κ2) is 4.64. The van der Waals surface area contributed by atoms with E-state index in [4.69, 9.17) is 5.11 Å². The fourth-order valence-electron chi connectivity index (χ4n) is 2.28. The van der Waals surface area contributed by atoms with Crippen molar-refractivity contribution in [2.75, 3.05) is 6.54 Å². The molecule has 1 aromatic heterocycles. The number of aromatic carboxylic acids is 1. The molecule has 5 nitrogen and oxygen atoms in total. The van der Waals surface area contributed by atoms with Crippen LogP contribution in [0.2, 0.25) is 0 Å². The van der Waals surface area contributed by atoms with Crippen molar-refractivity contribution in [1.82, 2.24) is 4.31 Å². The molecule has 2 heterocycles. The van der Waals surface area contributed by atoms with Gasteiger partial charge in [0.25, 0.3) is 10.0 Å². The molecule has 0 spiro atoms. The van der Waals surface area contributed by atoms with Gasteiger partial charge in [-0.2, -0.15) is 4.31 Å². The van der Waals surface area contributed by atoms with Gasteiger partial charge in [0.1, 0.15) is 4.21 Å². The second-order valence-electron chi connectivity index (χ2n) is 4.72. The lowest BCUT2D eigenvalue weighted by Crippen LogP contribution is -2.33. The van der Waals surface area contributed by atoms with Crippen LogP contribution in [0.1, 0.15) is 30.6 Å². The van der Waals surface area contributed by atoms with Crippen LogP contribution in [0.25, 0.3) is 0 Å². The van der Waals surface area contributed by atoms with E-state index in [2.05, 4.69) is 0 Å². The molecule has 2 rings (SSSR count). The number of carboxylic acid groups (broad SMARTS) is 1. The number of sulfonamides is 1. The molecular weight excluding hydrogens is 274 g/mol. The predicted molar refractivity (Wildman–Crippen MR) is 68.4 cm³/mol. The fraction of sp³-hybridized carbons (Fsp3) is 0.545. The molecule has 1 aliphatic rings. The zero-order valence-electron chi connectivity index (χ0n) is 10.2. The molecule has 0 bridgehead atoms. The number of carboxylic acids is 1. The van der Waals surface area contributed by atoms with Crippen LogP contribution in [0.5, 0.6) is 0 Å². The second-order valence-corrected chi connectivity index (χ2v) is 7.75. The molecule has 0 saturated carbocycles. The number of rotatable bonds is 3. The van der Waals surface area contributed by atoms with Crippen LogP contribution < -0.4 is 0 Å². The van der Waals surface area contributed by atoms with Gasteiger partial charge in [-0.3, -0.25) is 0 Å². The molecule has 100 valence electrons. The first kappa shape index (κ1) is 13.5. The number of nitrogens with zero attached hydrogens (tertiary/aromatic N) is 1. The van der Waals surface area contributed by atoms with Gasteiger partial charge < -0.3 is 5.11 Å². The number of hydrogen-bond acceptors (Lipinski definition) is 4. The van der Waals surface area contributed by atoms with Crippen LogP contribution in [-0.4, -0.2) is 36.4 Å². The summed E-state index contributed by atoms with van der Waals surface area (Å²) >= 11 is 0.964. The monoisotopic (exact) mass is 289 g/mol. The SMILES string of the molecule is CC1CC(C)N(S(=O)(=O)c2cc(C(=O)O)cs2)C1. The smallest absolute Gasteiger partial charge is 0.336 e. The van der Waals surface area contributed by atoms with Crippen molar-refractivity contribution in [1.29, 1.82) is 0 Å². The van der Waals surface area contributed by atoms with E-state index in [0.29, 0.717) is 12.5 Å². The summed E-state index contributed by atoms with van der Waals surface area (Å²) < 4.78 is 26.3. The van der Waals surface area contributed by atoms with Gasteiger partial charge in [0.15, 0.2) is 0 Å². The molecule has 7 heteroatoms. The Kier molecular flexibility index (Phi) is 3.48. The quantitative estimate of drug-likeness (QED) is 0.921. The van der Waals surface area contributed by atoms with Crippen molar-refractivity contribution in [3.8, 4) is 0 Å². The topological polar surface area (TPSA) is 74.7 Å². The van der Waals surface area contributed by atoms with Crippen LogP contribution in [0, 0.1) is 5.92 Å². The number of hydrogen-bond donors (Lipinski definition) is 1.